The number of halogens is 3. The molecular weight excluding hydrogens is 522 g/mol. The lowest BCUT2D eigenvalue weighted by molar-refractivity contribution is -0.150. The molecule has 1 aromatic carbocycles. The Hall–Kier alpha value is -2.69. The van der Waals surface area contributed by atoms with Gasteiger partial charge in [-0.1, -0.05) is 30.1 Å². The van der Waals surface area contributed by atoms with Crippen LogP contribution >= 0.6 is 23.2 Å². The van der Waals surface area contributed by atoms with E-state index in [-0.39, 0.29) is 27.8 Å². The van der Waals surface area contributed by atoms with Gasteiger partial charge in [0, 0.05) is 23.7 Å². The smallest absolute Gasteiger partial charge is 0.309 e. The number of hydrogen-bond donors (Lipinski definition) is 3. The van der Waals surface area contributed by atoms with Crippen molar-refractivity contribution in [2.75, 3.05) is 23.8 Å². The van der Waals surface area contributed by atoms with Gasteiger partial charge >= 0.3 is 5.97 Å². The Morgan fingerprint density at radius 2 is 2.00 bits per heavy atom. The molecule has 1 saturated carbocycles. The number of nitrogens with zero attached hydrogens (tertiary/aromatic N) is 4. The maximum Gasteiger partial charge on any atom is 0.309 e. The van der Waals surface area contributed by atoms with E-state index >= 15 is 0 Å². The van der Waals surface area contributed by atoms with E-state index in [9.17, 15) is 14.3 Å². The Labute approximate surface area is 223 Å². The van der Waals surface area contributed by atoms with Crippen LogP contribution in [0.5, 0.6) is 0 Å². The average Bonchev–Trinajstić information content (AvgIpc) is 3.20. The fraction of sp³-hybridized carbons (Fsp3) is 0.520. The second-order valence-electron chi connectivity index (χ2n) is 10.3. The summed E-state index contributed by atoms with van der Waals surface area (Å²) in [5.41, 5.74) is 0.378. The first kappa shape index (κ1) is 25.9. The number of anilines is 3. The molecule has 3 N–H and O–H groups in total. The Bertz CT molecular complexity index is 1300. The molecule has 0 amide bonds. The number of carboxylic acid groups (broad SMARTS) is 1. The number of aromatic nitrogens is 4. The zero-order chi connectivity index (χ0) is 26.3. The number of carboxylic acids is 1. The predicted molar refractivity (Wildman–Crippen MR) is 140 cm³/mol. The molecule has 1 aliphatic carbocycles. The summed E-state index contributed by atoms with van der Waals surface area (Å²) in [5.74, 6) is -0.277. The van der Waals surface area contributed by atoms with Crippen LogP contribution in [0.3, 0.4) is 0 Å². The molecule has 1 saturated heterocycles. The van der Waals surface area contributed by atoms with Gasteiger partial charge in [0.15, 0.2) is 5.65 Å². The van der Waals surface area contributed by atoms with Crippen LogP contribution in [0.25, 0.3) is 11.2 Å². The zero-order valence-electron chi connectivity index (χ0n) is 20.6. The first-order valence-corrected chi connectivity index (χ1v) is 13.1. The van der Waals surface area contributed by atoms with Crippen molar-refractivity contribution in [1.29, 1.82) is 0 Å². The van der Waals surface area contributed by atoms with Gasteiger partial charge in [0.25, 0.3) is 0 Å². The topological polar surface area (TPSA) is 114 Å². The molecule has 2 atom stereocenters. The highest BCUT2D eigenvalue weighted by atomic mass is 35.5. The summed E-state index contributed by atoms with van der Waals surface area (Å²) in [6.07, 6.45) is 4.68. The SMILES string of the molecule is C[C@@H]1COCC[C@H]1Nc1ncc2nc(Nc3c(F)cc(Cl)cc3Cl)n(C3CCC(C)(C(=O)O)CC3)c2n1. The van der Waals surface area contributed by atoms with Crippen molar-refractivity contribution in [1.82, 2.24) is 19.5 Å². The second kappa shape index (κ2) is 10.2. The number of rotatable bonds is 6. The summed E-state index contributed by atoms with van der Waals surface area (Å²) in [7, 11) is 0. The van der Waals surface area contributed by atoms with Crippen LogP contribution in [-0.4, -0.2) is 49.9 Å². The van der Waals surface area contributed by atoms with Crippen LogP contribution in [0.2, 0.25) is 10.0 Å². The second-order valence-corrected chi connectivity index (χ2v) is 11.1. The molecule has 0 spiro atoms. The van der Waals surface area contributed by atoms with Crippen LogP contribution in [0.15, 0.2) is 18.3 Å². The third kappa shape index (κ3) is 5.19. The molecule has 0 bridgehead atoms. The molecule has 9 nitrogen and oxygen atoms in total. The summed E-state index contributed by atoms with van der Waals surface area (Å²) >= 11 is 12.3. The van der Waals surface area contributed by atoms with Crippen molar-refractivity contribution >= 4 is 57.9 Å². The number of benzene rings is 1. The number of ether oxygens (including phenoxy) is 1. The number of hydrogen-bond acceptors (Lipinski definition) is 7. The molecule has 2 fully saturated rings. The maximum atomic E-state index is 14.8. The number of fused-ring (bicyclic) bond motifs is 1. The summed E-state index contributed by atoms with van der Waals surface area (Å²) in [5, 5.41) is 16.5. The van der Waals surface area contributed by atoms with Crippen molar-refractivity contribution < 1.29 is 19.0 Å². The molecular formula is C25H29Cl2FN6O3. The zero-order valence-corrected chi connectivity index (χ0v) is 22.1. The third-order valence-corrected chi connectivity index (χ3v) is 8.09. The predicted octanol–water partition coefficient (Wildman–Crippen LogP) is 6.06. The highest BCUT2D eigenvalue weighted by molar-refractivity contribution is 6.36. The molecule has 2 aromatic heterocycles. The molecule has 0 radical (unpaired) electrons. The summed E-state index contributed by atoms with van der Waals surface area (Å²) < 4.78 is 22.3. The Kier molecular flexibility index (Phi) is 7.17. The van der Waals surface area contributed by atoms with Gasteiger partial charge < -0.3 is 20.5 Å². The minimum absolute atomic E-state index is 0.0520. The van der Waals surface area contributed by atoms with E-state index in [1.165, 1.54) is 12.1 Å². The van der Waals surface area contributed by atoms with Gasteiger partial charge in [0.2, 0.25) is 11.9 Å². The number of carbonyl (C=O) groups is 1. The van der Waals surface area contributed by atoms with E-state index < -0.39 is 17.2 Å². The van der Waals surface area contributed by atoms with Crippen LogP contribution in [0, 0.1) is 17.2 Å². The summed E-state index contributed by atoms with van der Waals surface area (Å²) in [6, 6.07) is 2.71. The van der Waals surface area contributed by atoms with Crippen molar-refractivity contribution in [2.24, 2.45) is 11.3 Å². The average molecular weight is 551 g/mol. The minimum atomic E-state index is -0.797. The highest BCUT2D eigenvalue weighted by Gasteiger charge is 2.39. The van der Waals surface area contributed by atoms with E-state index in [2.05, 4.69) is 27.5 Å². The van der Waals surface area contributed by atoms with Gasteiger partial charge in [-0.05, 0) is 57.1 Å². The van der Waals surface area contributed by atoms with Crippen molar-refractivity contribution in [2.45, 2.75) is 58.0 Å². The fourth-order valence-corrected chi connectivity index (χ4v) is 5.66. The van der Waals surface area contributed by atoms with Crippen molar-refractivity contribution in [3.63, 3.8) is 0 Å². The maximum absolute atomic E-state index is 14.8. The Balaban J connectivity index is 1.54. The third-order valence-electron chi connectivity index (χ3n) is 7.57. The quantitative estimate of drug-likeness (QED) is 0.339. The van der Waals surface area contributed by atoms with Crippen LogP contribution in [-0.2, 0) is 9.53 Å². The lowest BCUT2D eigenvalue weighted by Crippen LogP contribution is -2.36. The lowest BCUT2D eigenvalue weighted by atomic mass is 9.74. The van der Waals surface area contributed by atoms with Gasteiger partial charge in [-0.25, -0.2) is 14.4 Å². The van der Waals surface area contributed by atoms with Crippen LogP contribution in [0.4, 0.5) is 22.0 Å². The number of nitrogens with one attached hydrogen (secondary N) is 2. The molecule has 198 valence electrons. The van der Waals surface area contributed by atoms with E-state index in [1.807, 2.05) is 4.57 Å². The minimum Gasteiger partial charge on any atom is -0.481 e. The molecule has 37 heavy (non-hydrogen) atoms. The fourth-order valence-electron chi connectivity index (χ4n) is 5.14. The monoisotopic (exact) mass is 550 g/mol. The first-order chi connectivity index (χ1) is 17.6. The largest absolute Gasteiger partial charge is 0.481 e. The lowest BCUT2D eigenvalue weighted by Gasteiger charge is -2.35. The van der Waals surface area contributed by atoms with E-state index in [0.717, 1.165) is 6.42 Å². The standard InChI is InChI=1S/C25H29Cl2FN6O3/c1-13-12-37-8-5-18(13)30-23-29-11-19-21(33-23)34(15-3-6-25(2,7-4-15)22(35)36)24(31-19)32-20-16(27)9-14(26)10-17(20)28/h9-11,13,15,18H,3-8,12H2,1-2H3,(H,31,32)(H,35,36)(H,29,30,33)/t13-,15?,18-,25?/m1/s1. The van der Waals surface area contributed by atoms with Gasteiger partial charge in [-0.15, -0.1) is 0 Å². The van der Waals surface area contributed by atoms with E-state index in [0.29, 0.717) is 67.9 Å². The summed E-state index contributed by atoms with van der Waals surface area (Å²) in [4.78, 5) is 25.8. The van der Waals surface area contributed by atoms with Gasteiger partial charge in [-0.2, -0.15) is 4.98 Å². The number of imidazole rings is 1. The van der Waals surface area contributed by atoms with Crippen LogP contribution in [0.1, 0.15) is 52.0 Å². The van der Waals surface area contributed by atoms with E-state index in [4.69, 9.17) is 32.9 Å². The molecule has 0 unspecified atom stereocenters. The Morgan fingerprint density at radius 1 is 1.24 bits per heavy atom. The van der Waals surface area contributed by atoms with Gasteiger partial charge in [0.1, 0.15) is 11.3 Å². The van der Waals surface area contributed by atoms with Gasteiger partial charge in [-0.3, -0.25) is 9.36 Å². The molecule has 3 heterocycles. The molecule has 12 heteroatoms. The van der Waals surface area contributed by atoms with Crippen LogP contribution < -0.4 is 10.6 Å². The highest BCUT2D eigenvalue weighted by Crippen LogP contribution is 2.43. The molecule has 3 aromatic rings. The molecule has 1 aliphatic heterocycles. The van der Waals surface area contributed by atoms with Crippen molar-refractivity contribution in [3.8, 4) is 0 Å². The molecule has 5 rings (SSSR count). The normalized spacial score (nSPS) is 26.2. The molecule has 2 aliphatic rings. The van der Waals surface area contributed by atoms with Crippen molar-refractivity contribution in [3.05, 3.63) is 34.2 Å². The first-order valence-electron chi connectivity index (χ1n) is 12.4. The number of aliphatic carboxylic acids is 1. The summed E-state index contributed by atoms with van der Waals surface area (Å²) in [6.45, 7) is 5.24. The van der Waals surface area contributed by atoms with E-state index in [1.54, 1.807) is 13.1 Å². The Morgan fingerprint density at radius 3 is 2.68 bits per heavy atom. The van der Waals surface area contributed by atoms with Gasteiger partial charge in [0.05, 0.1) is 28.9 Å².